The second-order valence-corrected chi connectivity index (χ2v) is 4.99. The zero-order chi connectivity index (χ0) is 14.5. The smallest absolute Gasteiger partial charge is 0.308 e. The number of carbonyl (C=O) groups is 2. The van der Waals surface area contributed by atoms with Crippen LogP contribution in [0.2, 0.25) is 0 Å². The van der Waals surface area contributed by atoms with Crippen molar-refractivity contribution in [2.45, 2.75) is 18.9 Å². The van der Waals surface area contributed by atoms with Gasteiger partial charge in [0.25, 0.3) is 5.91 Å². The monoisotopic (exact) mass is 277 g/mol. The topological polar surface area (TPSA) is 66.8 Å². The van der Waals surface area contributed by atoms with Crippen molar-refractivity contribution in [2.75, 3.05) is 20.2 Å². The number of likely N-dealkylation sites (tertiary alicyclic amines) is 1. The molecule has 1 aliphatic heterocycles. The molecule has 5 heteroatoms. The van der Waals surface area contributed by atoms with E-state index in [1.54, 1.807) is 4.90 Å². The minimum atomic E-state index is -0.837. The van der Waals surface area contributed by atoms with Crippen LogP contribution in [-0.4, -0.2) is 42.1 Å². The van der Waals surface area contributed by atoms with Crippen LogP contribution in [0.25, 0.3) is 0 Å². The summed E-state index contributed by atoms with van der Waals surface area (Å²) < 4.78 is 5.31. The number of carboxylic acid groups (broad SMARTS) is 1. The lowest BCUT2D eigenvalue weighted by atomic mass is 9.97. The van der Waals surface area contributed by atoms with Crippen molar-refractivity contribution >= 4 is 11.9 Å². The number of methoxy groups -OCH3 is 1. The van der Waals surface area contributed by atoms with Crippen LogP contribution in [-0.2, 0) is 14.3 Å². The van der Waals surface area contributed by atoms with Gasteiger partial charge in [0.15, 0.2) is 6.10 Å². The molecule has 0 bridgehead atoms. The van der Waals surface area contributed by atoms with Crippen molar-refractivity contribution in [1.29, 1.82) is 0 Å². The molecule has 108 valence electrons. The summed E-state index contributed by atoms with van der Waals surface area (Å²) in [5.74, 6) is -1.47. The van der Waals surface area contributed by atoms with Gasteiger partial charge in [0.05, 0.1) is 5.92 Å². The van der Waals surface area contributed by atoms with E-state index in [1.165, 1.54) is 7.11 Å². The molecule has 0 saturated carbocycles. The molecule has 0 spiro atoms. The van der Waals surface area contributed by atoms with Gasteiger partial charge in [-0.15, -0.1) is 0 Å². The van der Waals surface area contributed by atoms with Gasteiger partial charge in [-0.3, -0.25) is 9.59 Å². The third-order valence-corrected chi connectivity index (χ3v) is 3.64. The number of hydrogen-bond donors (Lipinski definition) is 1. The average Bonchev–Trinajstić information content (AvgIpc) is 2.49. The van der Waals surface area contributed by atoms with E-state index in [0.29, 0.717) is 19.4 Å². The van der Waals surface area contributed by atoms with Crippen LogP contribution < -0.4 is 0 Å². The van der Waals surface area contributed by atoms with Gasteiger partial charge in [0.2, 0.25) is 0 Å². The average molecular weight is 277 g/mol. The van der Waals surface area contributed by atoms with Crippen molar-refractivity contribution in [3.05, 3.63) is 35.9 Å². The number of ether oxygens (including phenoxy) is 1. The molecule has 2 atom stereocenters. The van der Waals surface area contributed by atoms with E-state index >= 15 is 0 Å². The Balaban J connectivity index is 2.11. The predicted octanol–water partition coefficient (Wildman–Crippen LogP) is 1.70. The molecule has 1 amide bonds. The van der Waals surface area contributed by atoms with E-state index in [9.17, 15) is 9.59 Å². The molecule has 5 nitrogen and oxygen atoms in total. The van der Waals surface area contributed by atoms with Gasteiger partial charge >= 0.3 is 5.97 Å². The Morgan fingerprint density at radius 1 is 1.35 bits per heavy atom. The molecule has 1 unspecified atom stereocenters. The fraction of sp³-hybridized carbons (Fsp3) is 0.467. The largest absolute Gasteiger partial charge is 0.481 e. The van der Waals surface area contributed by atoms with E-state index in [2.05, 4.69) is 0 Å². The van der Waals surface area contributed by atoms with Crippen LogP contribution in [0.1, 0.15) is 24.5 Å². The standard InChI is InChI=1S/C15H19NO4/c1-20-13(11-6-3-2-4-7-11)14(17)16-9-5-8-12(10-16)15(18)19/h2-4,6-7,12-13H,5,8-10H2,1H3,(H,18,19)/t12?,13-/m1/s1. The molecule has 1 aromatic rings. The normalized spacial score (nSPS) is 20.4. The summed E-state index contributed by atoms with van der Waals surface area (Å²) in [6, 6.07) is 9.26. The van der Waals surface area contributed by atoms with Gasteiger partial charge in [0.1, 0.15) is 0 Å². The van der Waals surface area contributed by atoms with Gasteiger partial charge in [-0.2, -0.15) is 0 Å². The van der Waals surface area contributed by atoms with Gasteiger partial charge in [-0.05, 0) is 18.4 Å². The number of rotatable bonds is 4. The van der Waals surface area contributed by atoms with Crippen LogP contribution in [0.3, 0.4) is 0 Å². The maximum atomic E-state index is 12.5. The number of carboxylic acids is 1. The van der Waals surface area contributed by atoms with Gasteiger partial charge < -0.3 is 14.7 Å². The first-order valence-electron chi connectivity index (χ1n) is 6.73. The van der Waals surface area contributed by atoms with Crippen LogP contribution in [0.15, 0.2) is 30.3 Å². The van der Waals surface area contributed by atoms with Gasteiger partial charge in [-0.25, -0.2) is 0 Å². The quantitative estimate of drug-likeness (QED) is 0.909. The lowest BCUT2D eigenvalue weighted by molar-refractivity contribution is -0.149. The number of nitrogens with zero attached hydrogens (tertiary/aromatic N) is 1. The Kier molecular flexibility index (Phi) is 4.74. The second kappa shape index (κ2) is 6.52. The highest BCUT2D eigenvalue weighted by Crippen LogP contribution is 2.23. The number of benzene rings is 1. The Morgan fingerprint density at radius 2 is 2.05 bits per heavy atom. The summed E-state index contributed by atoms with van der Waals surface area (Å²) in [6.07, 6.45) is 0.680. The Bertz CT molecular complexity index is 474. The van der Waals surface area contributed by atoms with Gasteiger partial charge in [-0.1, -0.05) is 30.3 Å². The molecule has 0 radical (unpaired) electrons. The maximum absolute atomic E-state index is 12.5. The Labute approximate surface area is 118 Å². The number of amides is 1. The maximum Gasteiger partial charge on any atom is 0.308 e. The minimum absolute atomic E-state index is 0.162. The van der Waals surface area contributed by atoms with Crippen molar-refractivity contribution in [3.8, 4) is 0 Å². The molecular weight excluding hydrogens is 258 g/mol. The summed E-state index contributed by atoms with van der Waals surface area (Å²) in [7, 11) is 1.49. The number of aliphatic carboxylic acids is 1. The first kappa shape index (κ1) is 14.5. The molecule has 1 N–H and O–H groups in total. The Morgan fingerprint density at radius 3 is 2.65 bits per heavy atom. The summed E-state index contributed by atoms with van der Waals surface area (Å²) in [5.41, 5.74) is 0.789. The van der Waals surface area contributed by atoms with Gasteiger partial charge in [0, 0.05) is 20.2 Å². The molecule has 1 aromatic carbocycles. The SMILES string of the molecule is CO[C@@H](C(=O)N1CCCC(C(=O)O)C1)c1ccccc1. The number of hydrogen-bond acceptors (Lipinski definition) is 3. The minimum Gasteiger partial charge on any atom is -0.481 e. The molecule has 1 heterocycles. The first-order chi connectivity index (χ1) is 9.63. The first-order valence-corrected chi connectivity index (χ1v) is 6.73. The molecule has 2 rings (SSSR count). The highest BCUT2D eigenvalue weighted by molar-refractivity contribution is 5.83. The van der Waals surface area contributed by atoms with E-state index in [-0.39, 0.29) is 12.5 Å². The van der Waals surface area contributed by atoms with Crippen LogP contribution >= 0.6 is 0 Å². The second-order valence-electron chi connectivity index (χ2n) is 4.99. The molecule has 0 aromatic heterocycles. The summed E-state index contributed by atoms with van der Waals surface area (Å²) in [4.78, 5) is 25.2. The fourth-order valence-electron chi connectivity index (χ4n) is 2.55. The third kappa shape index (κ3) is 3.17. The zero-order valence-corrected chi connectivity index (χ0v) is 11.5. The van der Waals surface area contributed by atoms with Crippen molar-refractivity contribution in [2.24, 2.45) is 5.92 Å². The molecule has 0 aliphatic carbocycles. The fourth-order valence-corrected chi connectivity index (χ4v) is 2.55. The van der Waals surface area contributed by atoms with E-state index in [0.717, 1.165) is 5.56 Å². The Hall–Kier alpha value is -1.88. The van der Waals surface area contributed by atoms with E-state index in [1.807, 2.05) is 30.3 Å². The lowest BCUT2D eigenvalue weighted by Gasteiger charge is -2.33. The van der Waals surface area contributed by atoms with Crippen LogP contribution in [0, 0.1) is 5.92 Å². The molecule has 1 fully saturated rings. The predicted molar refractivity (Wildman–Crippen MR) is 73.1 cm³/mol. The molecular formula is C15H19NO4. The molecule has 1 aliphatic rings. The highest BCUT2D eigenvalue weighted by Gasteiger charge is 2.32. The molecule has 1 saturated heterocycles. The third-order valence-electron chi connectivity index (χ3n) is 3.64. The van der Waals surface area contributed by atoms with E-state index < -0.39 is 18.0 Å². The lowest BCUT2D eigenvalue weighted by Crippen LogP contribution is -2.44. The number of carbonyl (C=O) groups excluding carboxylic acids is 1. The van der Waals surface area contributed by atoms with Crippen LogP contribution in [0.5, 0.6) is 0 Å². The molecule has 20 heavy (non-hydrogen) atoms. The van der Waals surface area contributed by atoms with Crippen molar-refractivity contribution < 1.29 is 19.4 Å². The summed E-state index contributed by atoms with van der Waals surface area (Å²) in [6.45, 7) is 0.857. The zero-order valence-electron chi connectivity index (χ0n) is 11.5. The van der Waals surface area contributed by atoms with Crippen molar-refractivity contribution in [3.63, 3.8) is 0 Å². The summed E-state index contributed by atoms with van der Waals surface area (Å²) in [5, 5.41) is 9.08. The summed E-state index contributed by atoms with van der Waals surface area (Å²) >= 11 is 0. The van der Waals surface area contributed by atoms with Crippen LogP contribution in [0.4, 0.5) is 0 Å². The van der Waals surface area contributed by atoms with E-state index in [4.69, 9.17) is 9.84 Å². The highest BCUT2D eigenvalue weighted by atomic mass is 16.5. The van der Waals surface area contributed by atoms with Crippen molar-refractivity contribution in [1.82, 2.24) is 4.90 Å². The number of piperidine rings is 1.